The van der Waals surface area contributed by atoms with Gasteiger partial charge in [0.05, 0.1) is 16.0 Å². The van der Waals surface area contributed by atoms with Gasteiger partial charge in [0.25, 0.3) is 0 Å². The molecule has 0 aliphatic carbocycles. The lowest BCUT2D eigenvalue weighted by atomic mass is 10.3. The fourth-order valence-corrected chi connectivity index (χ4v) is 3.47. The molecule has 0 fully saturated rings. The molecule has 1 amide bonds. The topological polar surface area (TPSA) is 29.1 Å². The smallest absolute Gasteiger partial charge is 0.237 e. The molecule has 2 aromatic rings. The van der Waals surface area contributed by atoms with Crippen molar-refractivity contribution < 1.29 is 4.79 Å². The Kier molecular flexibility index (Phi) is 6.03. The summed E-state index contributed by atoms with van der Waals surface area (Å²) in [6.07, 6.45) is 1.99. The molecule has 0 spiro atoms. The predicted octanol–water partition coefficient (Wildman–Crippen LogP) is 5.18. The number of thioether (sulfide) groups is 2. The third kappa shape index (κ3) is 4.43. The summed E-state index contributed by atoms with van der Waals surface area (Å²) < 4.78 is 0. The fraction of sp³-hybridized carbons (Fsp3) is 0.188. The van der Waals surface area contributed by atoms with Gasteiger partial charge in [0.2, 0.25) is 5.91 Å². The van der Waals surface area contributed by atoms with Crippen molar-refractivity contribution in [3.63, 3.8) is 0 Å². The van der Waals surface area contributed by atoms with Crippen LogP contribution in [0.3, 0.4) is 0 Å². The molecule has 2 aromatic carbocycles. The molecule has 1 atom stereocenters. The van der Waals surface area contributed by atoms with Gasteiger partial charge in [-0.3, -0.25) is 4.79 Å². The van der Waals surface area contributed by atoms with Crippen LogP contribution in [0.5, 0.6) is 0 Å². The van der Waals surface area contributed by atoms with E-state index in [2.05, 4.69) is 5.32 Å². The molecule has 5 heteroatoms. The van der Waals surface area contributed by atoms with Gasteiger partial charge in [-0.1, -0.05) is 35.9 Å². The maximum atomic E-state index is 12.3. The molecular formula is C16H16ClNOS2. The van der Waals surface area contributed by atoms with E-state index < -0.39 is 0 Å². The summed E-state index contributed by atoms with van der Waals surface area (Å²) in [5, 5.41) is 3.43. The van der Waals surface area contributed by atoms with E-state index in [1.807, 2.05) is 61.7 Å². The summed E-state index contributed by atoms with van der Waals surface area (Å²) in [5.41, 5.74) is 0.849. The Morgan fingerprint density at radius 2 is 1.71 bits per heavy atom. The number of anilines is 1. The van der Waals surface area contributed by atoms with E-state index in [1.165, 1.54) is 11.8 Å². The van der Waals surface area contributed by atoms with Crippen LogP contribution in [0.1, 0.15) is 6.92 Å². The minimum atomic E-state index is -0.222. The number of halogens is 1. The first-order chi connectivity index (χ1) is 10.1. The lowest BCUT2D eigenvalue weighted by Gasteiger charge is -2.14. The number of hydrogen-bond acceptors (Lipinski definition) is 3. The normalized spacial score (nSPS) is 12.0. The highest BCUT2D eigenvalue weighted by molar-refractivity contribution is 8.00. The van der Waals surface area contributed by atoms with Crippen LogP contribution in [-0.2, 0) is 4.79 Å². The van der Waals surface area contributed by atoms with Crippen LogP contribution in [0.15, 0.2) is 58.3 Å². The Balaban J connectivity index is 2.05. The highest BCUT2D eigenvalue weighted by atomic mass is 35.5. The first kappa shape index (κ1) is 16.3. The van der Waals surface area contributed by atoms with Crippen LogP contribution >= 0.6 is 35.1 Å². The van der Waals surface area contributed by atoms with Crippen LogP contribution in [0.4, 0.5) is 5.69 Å². The van der Waals surface area contributed by atoms with E-state index in [1.54, 1.807) is 11.8 Å². The van der Waals surface area contributed by atoms with Crippen molar-refractivity contribution >= 4 is 46.7 Å². The standard InChI is InChI=1S/C16H16ClNOS2/c1-11(21-14-9-5-3-7-12(14)17)16(19)18-13-8-4-6-10-15(13)20-2/h3-11H,1-2H3,(H,18,19). The molecule has 21 heavy (non-hydrogen) atoms. The van der Waals surface area contributed by atoms with Crippen LogP contribution in [0, 0.1) is 0 Å². The number of para-hydroxylation sites is 1. The number of rotatable bonds is 5. The average Bonchev–Trinajstić information content (AvgIpc) is 2.50. The monoisotopic (exact) mass is 337 g/mol. The maximum absolute atomic E-state index is 12.3. The SMILES string of the molecule is CSc1ccccc1NC(=O)C(C)Sc1ccccc1Cl. The second-order valence-electron chi connectivity index (χ2n) is 4.38. The molecule has 0 aliphatic heterocycles. The van der Waals surface area contributed by atoms with Crippen molar-refractivity contribution in [1.29, 1.82) is 0 Å². The predicted molar refractivity (Wildman–Crippen MR) is 93.6 cm³/mol. The van der Waals surface area contributed by atoms with Crippen molar-refractivity contribution in [2.24, 2.45) is 0 Å². The van der Waals surface area contributed by atoms with Crippen LogP contribution in [0.25, 0.3) is 0 Å². The summed E-state index contributed by atoms with van der Waals surface area (Å²) in [5.74, 6) is -0.0265. The molecule has 2 rings (SSSR count). The Bertz CT molecular complexity index is 633. The van der Waals surface area contributed by atoms with Crippen molar-refractivity contribution in [3.05, 3.63) is 53.6 Å². The van der Waals surface area contributed by atoms with Gasteiger partial charge >= 0.3 is 0 Å². The van der Waals surface area contributed by atoms with E-state index >= 15 is 0 Å². The number of benzene rings is 2. The molecular weight excluding hydrogens is 322 g/mol. The molecule has 0 radical (unpaired) electrons. The van der Waals surface area contributed by atoms with Gasteiger partial charge in [0, 0.05) is 9.79 Å². The summed E-state index contributed by atoms with van der Waals surface area (Å²) in [6.45, 7) is 1.88. The van der Waals surface area contributed by atoms with Crippen molar-refractivity contribution in [3.8, 4) is 0 Å². The molecule has 0 aliphatic rings. The Hall–Kier alpha value is -1.10. The molecule has 2 nitrogen and oxygen atoms in total. The third-order valence-electron chi connectivity index (χ3n) is 2.87. The van der Waals surface area contributed by atoms with Crippen LogP contribution in [-0.4, -0.2) is 17.4 Å². The number of carbonyl (C=O) groups is 1. The van der Waals surface area contributed by atoms with E-state index in [-0.39, 0.29) is 11.2 Å². The van der Waals surface area contributed by atoms with E-state index in [4.69, 9.17) is 11.6 Å². The molecule has 0 bridgehead atoms. The molecule has 1 unspecified atom stereocenters. The number of amides is 1. The fourth-order valence-electron chi connectivity index (χ4n) is 1.77. The number of nitrogens with one attached hydrogen (secondary N) is 1. The van der Waals surface area contributed by atoms with E-state index in [0.717, 1.165) is 15.5 Å². The van der Waals surface area contributed by atoms with E-state index in [0.29, 0.717) is 5.02 Å². The number of hydrogen-bond donors (Lipinski definition) is 1. The molecule has 110 valence electrons. The van der Waals surface area contributed by atoms with Crippen molar-refractivity contribution in [1.82, 2.24) is 0 Å². The van der Waals surface area contributed by atoms with Gasteiger partial charge in [-0.15, -0.1) is 23.5 Å². The van der Waals surface area contributed by atoms with Crippen molar-refractivity contribution in [2.75, 3.05) is 11.6 Å². The molecule has 0 heterocycles. The Labute approximate surface area is 138 Å². The highest BCUT2D eigenvalue weighted by Crippen LogP contribution is 2.31. The summed E-state index contributed by atoms with van der Waals surface area (Å²) in [6, 6.07) is 15.3. The minimum Gasteiger partial charge on any atom is -0.324 e. The lowest BCUT2D eigenvalue weighted by Crippen LogP contribution is -2.22. The second kappa shape index (κ2) is 7.78. The van der Waals surface area contributed by atoms with Gasteiger partial charge in [-0.2, -0.15) is 0 Å². The van der Waals surface area contributed by atoms with Crippen molar-refractivity contribution in [2.45, 2.75) is 22.0 Å². The number of carbonyl (C=O) groups excluding carboxylic acids is 1. The Morgan fingerprint density at radius 3 is 2.38 bits per heavy atom. The van der Waals surface area contributed by atoms with E-state index in [9.17, 15) is 4.79 Å². The van der Waals surface area contributed by atoms with Gasteiger partial charge in [0.15, 0.2) is 0 Å². The highest BCUT2D eigenvalue weighted by Gasteiger charge is 2.16. The zero-order chi connectivity index (χ0) is 15.2. The maximum Gasteiger partial charge on any atom is 0.237 e. The van der Waals surface area contributed by atoms with Crippen LogP contribution < -0.4 is 5.32 Å². The molecule has 0 saturated heterocycles. The molecule has 0 saturated carbocycles. The molecule has 0 aromatic heterocycles. The van der Waals surface area contributed by atoms with Gasteiger partial charge in [0.1, 0.15) is 0 Å². The molecule has 1 N–H and O–H groups in total. The minimum absolute atomic E-state index is 0.0265. The van der Waals surface area contributed by atoms with Gasteiger partial charge < -0.3 is 5.32 Å². The van der Waals surface area contributed by atoms with Crippen LogP contribution in [0.2, 0.25) is 5.02 Å². The first-order valence-corrected chi connectivity index (χ1v) is 8.95. The first-order valence-electron chi connectivity index (χ1n) is 6.47. The summed E-state index contributed by atoms with van der Waals surface area (Å²) >= 11 is 9.20. The summed E-state index contributed by atoms with van der Waals surface area (Å²) in [4.78, 5) is 14.3. The largest absolute Gasteiger partial charge is 0.324 e. The quantitative estimate of drug-likeness (QED) is 0.762. The third-order valence-corrected chi connectivity index (χ3v) is 5.29. The lowest BCUT2D eigenvalue weighted by molar-refractivity contribution is -0.115. The van der Waals surface area contributed by atoms with Gasteiger partial charge in [-0.05, 0) is 37.4 Å². The zero-order valence-corrected chi connectivity index (χ0v) is 14.2. The summed E-state index contributed by atoms with van der Waals surface area (Å²) in [7, 11) is 0. The average molecular weight is 338 g/mol. The zero-order valence-electron chi connectivity index (χ0n) is 11.8. The van der Waals surface area contributed by atoms with Gasteiger partial charge in [-0.25, -0.2) is 0 Å². The Morgan fingerprint density at radius 1 is 1.10 bits per heavy atom. The second-order valence-corrected chi connectivity index (χ2v) is 7.02.